The van der Waals surface area contributed by atoms with Gasteiger partial charge in [0.15, 0.2) is 0 Å². The van der Waals surface area contributed by atoms with Gasteiger partial charge in [-0.05, 0) is 37.3 Å². The van der Waals surface area contributed by atoms with Crippen LogP contribution in [0.2, 0.25) is 5.02 Å². The molecule has 2 aromatic carbocycles. The maximum absolute atomic E-state index is 9.00. The van der Waals surface area contributed by atoms with Crippen LogP contribution in [-0.4, -0.2) is 20.8 Å². The number of nitriles is 1. The van der Waals surface area contributed by atoms with E-state index in [1.54, 1.807) is 18.3 Å². The van der Waals surface area contributed by atoms with Crippen molar-refractivity contribution in [3.8, 4) is 17.3 Å². The van der Waals surface area contributed by atoms with Crippen molar-refractivity contribution < 1.29 is 0 Å². The Balaban J connectivity index is 1.49. The first-order valence-corrected chi connectivity index (χ1v) is 9.35. The van der Waals surface area contributed by atoms with E-state index in [9.17, 15) is 0 Å². The van der Waals surface area contributed by atoms with Crippen LogP contribution in [-0.2, 0) is 6.54 Å². The normalized spacial score (nSPS) is 11.9. The Morgan fingerprint density at radius 3 is 2.86 bits per heavy atom. The number of hydrogen-bond acceptors (Lipinski definition) is 4. The highest BCUT2D eigenvalue weighted by molar-refractivity contribution is 6.32. The molecule has 0 saturated carbocycles. The van der Waals surface area contributed by atoms with E-state index in [1.165, 1.54) is 0 Å². The first-order valence-electron chi connectivity index (χ1n) is 8.98. The number of nitrogens with zero attached hydrogens (tertiary/aromatic N) is 4. The second-order valence-electron chi connectivity index (χ2n) is 6.66. The van der Waals surface area contributed by atoms with Crippen LogP contribution in [0.25, 0.3) is 22.2 Å². The van der Waals surface area contributed by atoms with Crippen molar-refractivity contribution in [1.29, 1.82) is 5.26 Å². The summed E-state index contributed by atoms with van der Waals surface area (Å²) >= 11 is 6.14. The summed E-state index contributed by atoms with van der Waals surface area (Å²) in [5.74, 6) is 0. The smallest absolute Gasteiger partial charge is 0.101 e. The van der Waals surface area contributed by atoms with Crippen LogP contribution in [0.4, 0.5) is 5.69 Å². The number of aromatic nitrogens is 3. The number of fused-ring (bicyclic) bond motifs is 1. The molecular formula is C22H18ClN5. The quantitative estimate of drug-likeness (QED) is 0.515. The molecule has 6 heteroatoms. The second-order valence-corrected chi connectivity index (χ2v) is 7.06. The highest BCUT2D eigenvalue weighted by Crippen LogP contribution is 2.25. The van der Waals surface area contributed by atoms with E-state index in [0.29, 0.717) is 17.1 Å². The number of rotatable bonds is 5. The average Bonchev–Trinajstić information content (AvgIpc) is 3.16. The summed E-state index contributed by atoms with van der Waals surface area (Å²) < 4.78 is 1.90. The average molecular weight is 388 g/mol. The van der Waals surface area contributed by atoms with E-state index in [2.05, 4.69) is 40.5 Å². The van der Waals surface area contributed by atoms with E-state index in [-0.39, 0.29) is 6.04 Å². The second kappa shape index (κ2) is 7.71. The third-order valence-electron chi connectivity index (χ3n) is 4.52. The number of para-hydroxylation sites is 1. The van der Waals surface area contributed by atoms with Gasteiger partial charge in [0.2, 0.25) is 0 Å². The molecule has 1 N–H and O–H groups in total. The lowest BCUT2D eigenvalue weighted by Crippen LogP contribution is -2.22. The zero-order valence-electron chi connectivity index (χ0n) is 15.3. The molecule has 0 saturated heterocycles. The zero-order valence-corrected chi connectivity index (χ0v) is 16.1. The van der Waals surface area contributed by atoms with Crippen molar-refractivity contribution in [2.24, 2.45) is 0 Å². The third kappa shape index (κ3) is 3.68. The molecule has 138 valence electrons. The van der Waals surface area contributed by atoms with Crippen LogP contribution in [0.3, 0.4) is 0 Å². The van der Waals surface area contributed by atoms with E-state index >= 15 is 0 Å². The van der Waals surface area contributed by atoms with Gasteiger partial charge < -0.3 is 5.32 Å². The van der Waals surface area contributed by atoms with Crippen LogP contribution in [0.5, 0.6) is 0 Å². The van der Waals surface area contributed by atoms with Gasteiger partial charge in [-0.25, -0.2) is 0 Å². The fourth-order valence-corrected chi connectivity index (χ4v) is 3.42. The van der Waals surface area contributed by atoms with Crippen LogP contribution >= 0.6 is 11.6 Å². The molecule has 2 aromatic heterocycles. The van der Waals surface area contributed by atoms with Gasteiger partial charge in [0.25, 0.3) is 0 Å². The van der Waals surface area contributed by atoms with Crippen LogP contribution < -0.4 is 5.32 Å². The minimum absolute atomic E-state index is 0.157. The summed E-state index contributed by atoms with van der Waals surface area (Å²) in [6.07, 6.45) is 3.75. The van der Waals surface area contributed by atoms with Gasteiger partial charge in [-0.2, -0.15) is 10.4 Å². The lowest BCUT2D eigenvalue weighted by molar-refractivity contribution is 0.562. The Labute approximate surface area is 168 Å². The Bertz CT molecular complexity index is 1170. The van der Waals surface area contributed by atoms with E-state index < -0.39 is 0 Å². The van der Waals surface area contributed by atoms with Gasteiger partial charge in [-0.15, -0.1) is 0 Å². The first kappa shape index (κ1) is 18.0. The fourth-order valence-electron chi connectivity index (χ4n) is 3.19. The molecule has 0 aliphatic heterocycles. The van der Waals surface area contributed by atoms with E-state index in [4.69, 9.17) is 16.9 Å². The highest BCUT2D eigenvalue weighted by atomic mass is 35.5. The van der Waals surface area contributed by atoms with Crippen molar-refractivity contribution in [3.63, 3.8) is 0 Å². The van der Waals surface area contributed by atoms with Gasteiger partial charge in [0.1, 0.15) is 6.07 Å². The lowest BCUT2D eigenvalue weighted by atomic mass is 10.1. The topological polar surface area (TPSA) is 66.5 Å². The number of anilines is 1. The molecule has 4 aromatic rings. The molecule has 2 heterocycles. The number of halogens is 1. The summed E-state index contributed by atoms with van der Waals surface area (Å²) in [6, 6.07) is 19.6. The Morgan fingerprint density at radius 1 is 1.18 bits per heavy atom. The van der Waals surface area contributed by atoms with Crippen molar-refractivity contribution >= 4 is 28.2 Å². The first-order chi connectivity index (χ1) is 13.6. The fraction of sp³-hybridized carbons (Fsp3) is 0.136. The summed E-state index contributed by atoms with van der Waals surface area (Å²) in [5.41, 5.74) is 4.15. The number of nitrogens with one attached hydrogen (secondary N) is 1. The highest BCUT2D eigenvalue weighted by Gasteiger charge is 2.10. The van der Waals surface area contributed by atoms with Crippen LogP contribution in [0, 0.1) is 11.3 Å². The molecule has 5 nitrogen and oxygen atoms in total. The number of hydrogen-bond donors (Lipinski definition) is 1. The Hall–Kier alpha value is -3.36. The molecule has 0 aliphatic carbocycles. The maximum atomic E-state index is 9.00. The third-order valence-corrected chi connectivity index (χ3v) is 4.83. The van der Waals surface area contributed by atoms with Crippen molar-refractivity contribution in [2.45, 2.75) is 19.5 Å². The molecule has 0 radical (unpaired) electrons. The van der Waals surface area contributed by atoms with Gasteiger partial charge in [-0.3, -0.25) is 9.67 Å². The largest absolute Gasteiger partial charge is 0.379 e. The number of pyridine rings is 1. The van der Waals surface area contributed by atoms with Crippen molar-refractivity contribution in [1.82, 2.24) is 14.8 Å². The zero-order chi connectivity index (χ0) is 19.5. The molecular weight excluding hydrogens is 370 g/mol. The lowest BCUT2D eigenvalue weighted by Gasteiger charge is -2.16. The minimum atomic E-state index is 0.157. The molecule has 0 aliphatic rings. The molecule has 1 atom stereocenters. The van der Waals surface area contributed by atoms with E-state index in [0.717, 1.165) is 27.8 Å². The standard InChI is InChI=1S/C22H18ClN5/c1-15(26-21-6-2-4-16-5-3-10-25-22(16)21)14-28-11-9-20(27-28)17-7-8-18(13-24)19(23)12-17/h2-12,15,26H,14H2,1H3/t15-/m0/s1. The van der Waals surface area contributed by atoms with Gasteiger partial charge in [-0.1, -0.05) is 35.9 Å². The van der Waals surface area contributed by atoms with Crippen molar-refractivity contribution in [3.05, 3.63) is 77.6 Å². The SMILES string of the molecule is C[C@@H](Cn1ccc(-c2ccc(C#N)c(Cl)c2)n1)Nc1cccc2cccnc12. The van der Waals surface area contributed by atoms with Gasteiger partial charge >= 0.3 is 0 Å². The maximum Gasteiger partial charge on any atom is 0.101 e. The van der Waals surface area contributed by atoms with Gasteiger partial charge in [0.05, 0.1) is 34.0 Å². The molecule has 0 fully saturated rings. The predicted octanol–water partition coefficient (Wildman–Crippen LogP) is 5.12. The summed E-state index contributed by atoms with van der Waals surface area (Å²) in [5, 5.41) is 18.7. The minimum Gasteiger partial charge on any atom is -0.379 e. The molecule has 0 bridgehead atoms. The van der Waals surface area contributed by atoms with Gasteiger partial charge in [0, 0.05) is 29.4 Å². The van der Waals surface area contributed by atoms with E-state index in [1.807, 2.05) is 41.2 Å². The Morgan fingerprint density at radius 2 is 2.04 bits per heavy atom. The molecule has 4 rings (SSSR count). The molecule has 0 unspecified atom stereocenters. The summed E-state index contributed by atoms with van der Waals surface area (Å²) in [7, 11) is 0. The molecule has 28 heavy (non-hydrogen) atoms. The molecule has 0 spiro atoms. The summed E-state index contributed by atoms with van der Waals surface area (Å²) in [6.45, 7) is 2.81. The predicted molar refractivity (Wildman–Crippen MR) is 112 cm³/mol. The molecule has 0 amide bonds. The Kier molecular flexibility index (Phi) is 4.96. The van der Waals surface area contributed by atoms with Crippen LogP contribution in [0.15, 0.2) is 67.0 Å². The van der Waals surface area contributed by atoms with Crippen LogP contribution in [0.1, 0.15) is 12.5 Å². The number of benzene rings is 2. The van der Waals surface area contributed by atoms with Crippen molar-refractivity contribution in [2.75, 3.05) is 5.32 Å². The summed E-state index contributed by atoms with van der Waals surface area (Å²) in [4.78, 5) is 4.49. The monoisotopic (exact) mass is 387 g/mol.